The van der Waals surface area contributed by atoms with Gasteiger partial charge in [0.25, 0.3) is 0 Å². The molecule has 3 rings (SSSR count). The Kier molecular flexibility index (Phi) is 10.1. The summed E-state index contributed by atoms with van der Waals surface area (Å²) in [6, 6.07) is 19.2. The van der Waals surface area contributed by atoms with Crippen molar-refractivity contribution < 1.29 is 14.7 Å². The van der Waals surface area contributed by atoms with E-state index in [1.54, 1.807) is 20.0 Å². The molecule has 2 aromatic rings. The first kappa shape index (κ1) is 28.2. The molecule has 0 saturated heterocycles. The van der Waals surface area contributed by atoms with E-state index in [-0.39, 0.29) is 28.9 Å². The van der Waals surface area contributed by atoms with Crippen molar-refractivity contribution in [2.24, 2.45) is 11.3 Å². The molecule has 0 aliphatic heterocycles. The van der Waals surface area contributed by atoms with Gasteiger partial charge in [0.15, 0.2) is 0 Å². The molecule has 0 radical (unpaired) electrons. The van der Waals surface area contributed by atoms with Crippen LogP contribution in [0.3, 0.4) is 0 Å². The molecule has 4 N–H and O–H groups in total. The van der Waals surface area contributed by atoms with E-state index in [0.717, 1.165) is 24.8 Å². The van der Waals surface area contributed by atoms with Crippen molar-refractivity contribution in [1.82, 2.24) is 16.0 Å². The van der Waals surface area contributed by atoms with Crippen LogP contribution in [0.25, 0.3) is 0 Å². The van der Waals surface area contributed by atoms with Crippen molar-refractivity contribution in [2.45, 2.75) is 58.5 Å². The van der Waals surface area contributed by atoms with Crippen LogP contribution in [0, 0.1) is 11.3 Å². The number of likely N-dealkylation sites (N-methyl/N-ethyl adjacent to an activating group) is 1. The normalized spacial score (nSPS) is 20.8. The lowest BCUT2D eigenvalue weighted by Crippen LogP contribution is -2.52. The fourth-order valence-corrected chi connectivity index (χ4v) is 5.27. The minimum absolute atomic E-state index is 0.0360. The van der Waals surface area contributed by atoms with E-state index in [0.29, 0.717) is 13.0 Å². The third-order valence-corrected chi connectivity index (χ3v) is 7.30. The summed E-state index contributed by atoms with van der Waals surface area (Å²) in [7, 11) is 1.77. The quantitative estimate of drug-likeness (QED) is 0.322. The number of amides is 2. The van der Waals surface area contributed by atoms with Gasteiger partial charge in [-0.3, -0.25) is 9.59 Å². The van der Waals surface area contributed by atoms with Crippen LogP contribution in [-0.2, 0) is 22.4 Å². The molecule has 6 nitrogen and oxygen atoms in total. The van der Waals surface area contributed by atoms with Gasteiger partial charge < -0.3 is 21.1 Å². The minimum atomic E-state index is -0.636. The molecule has 6 heteroatoms. The van der Waals surface area contributed by atoms with E-state index < -0.39 is 12.1 Å². The monoisotopic (exact) mass is 503 g/mol. The highest BCUT2D eigenvalue weighted by Crippen LogP contribution is 2.44. The molecule has 3 unspecified atom stereocenters. The molecular weight excluding hydrogens is 462 g/mol. The average molecular weight is 504 g/mol. The molecule has 0 heterocycles. The molecule has 2 amide bonds. The maximum atomic E-state index is 13.2. The van der Waals surface area contributed by atoms with Gasteiger partial charge in [-0.2, -0.15) is 0 Å². The number of hydrogen-bond acceptors (Lipinski definition) is 4. The zero-order valence-corrected chi connectivity index (χ0v) is 22.5. The van der Waals surface area contributed by atoms with Crippen molar-refractivity contribution in [1.29, 1.82) is 0 Å². The van der Waals surface area contributed by atoms with Crippen LogP contribution in [0.15, 0.2) is 84.1 Å². The number of benzene rings is 2. The number of allylic oxidation sites excluding steroid dienone is 3. The van der Waals surface area contributed by atoms with Crippen molar-refractivity contribution in [3.8, 4) is 0 Å². The second-order valence-electron chi connectivity index (χ2n) is 10.4. The number of carbonyl (C=O) groups is 2. The Balaban J connectivity index is 1.57. The van der Waals surface area contributed by atoms with E-state index in [2.05, 4.69) is 47.1 Å². The molecule has 198 valence electrons. The number of hydrogen-bond donors (Lipinski definition) is 4. The highest BCUT2D eigenvalue weighted by Gasteiger charge is 2.39. The number of nitrogens with one attached hydrogen (secondary N) is 3. The maximum absolute atomic E-state index is 13.2. The molecule has 0 bridgehead atoms. The van der Waals surface area contributed by atoms with Gasteiger partial charge >= 0.3 is 0 Å². The number of aryl methyl sites for hydroxylation is 1. The van der Waals surface area contributed by atoms with Gasteiger partial charge in [-0.05, 0) is 81.2 Å². The molecular formula is C31H41N3O3. The minimum Gasteiger partial charge on any atom is -0.508 e. The zero-order chi connectivity index (χ0) is 26.8. The molecule has 2 aromatic carbocycles. The molecule has 0 aromatic heterocycles. The summed E-state index contributed by atoms with van der Waals surface area (Å²) >= 11 is 0. The van der Waals surface area contributed by atoms with Crippen LogP contribution < -0.4 is 16.0 Å². The van der Waals surface area contributed by atoms with E-state index in [9.17, 15) is 14.7 Å². The smallest absolute Gasteiger partial charge is 0.242 e. The lowest BCUT2D eigenvalue weighted by atomic mass is 9.65. The maximum Gasteiger partial charge on any atom is 0.242 e. The number of rotatable bonds is 12. The molecule has 0 saturated carbocycles. The predicted molar refractivity (Wildman–Crippen MR) is 149 cm³/mol. The Morgan fingerprint density at radius 2 is 1.62 bits per heavy atom. The lowest BCUT2D eigenvalue weighted by Gasteiger charge is -2.40. The highest BCUT2D eigenvalue weighted by molar-refractivity contribution is 5.89. The zero-order valence-electron chi connectivity index (χ0n) is 22.5. The van der Waals surface area contributed by atoms with Crippen molar-refractivity contribution >= 4 is 11.8 Å². The second kappa shape index (κ2) is 13.2. The van der Waals surface area contributed by atoms with Crippen LogP contribution in [0.2, 0.25) is 0 Å². The summed E-state index contributed by atoms with van der Waals surface area (Å²) in [6.45, 7) is 6.41. The predicted octanol–water partition coefficient (Wildman–Crippen LogP) is 4.49. The lowest BCUT2D eigenvalue weighted by molar-refractivity contribution is -0.129. The largest absolute Gasteiger partial charge is 0.508 e. The number of carbonyl (C=O) groups excluding carboxylic acids is 2. The SMILES string of the molecule is CNC(CC1C(C)=CC(O)=CC1(C)Cc1ccccc1)C(=O)N[C@H](C)C(=O)NCCCc1ccccc1. The number of aliphatic hydroxyl groups excluding tert-OH is 1. The van der Waals surface area contributed by atoms with Crippen molar-refractivity contribution in [2.75, 3.05) is 13.6 Å². The Bertz CT molecular complexity index is 1100. The van der Waals surface area contributed by atoms with Crippen LogP contribution >= 0.6 is 0 Å². The summed E-state index contributed by atoms with van der Waals surface area (Å²) < 4.78 is 0. The Hall–Kier alpha value is -3.38. The second-order valence-corrected chi connectivity index (χ2v) is 10.4. The van der Waals surface area contributed by atoms with Gasteiger partial charge in [-0.25, -0.2) is 0 Å². The van der Waals surface area contributed by atoms with Crippen LogP contribution in [0.1, 0.15) is 44.7 Å². The Morgan fingerprint density at radius 3 is 2.24 bits per heavy atom. The van der Waals surface area contributed by atoms with Gasteiger partial charge in [-0.15, -0.1) is 0 Å². The highest BCUT2D eigenvalue weighted by atomic mass is 16.3. The summed E-state index contributed by atoms with van der Waals surface area (Å²) in [4.78, 5) is 25.8. The van der Waals surface area contributed by atoms with E-state index in [1.807, 2.05) is 49.4 Å². The first-order valence-electron chi connectivity index (χ1n) is 13.1. The molecule has 4 atom stereocenters. The molecule has 1 aliphatic rings. The van der Waals surface area contributed by atoms with Gasteiger partial charge in [0.05, 0.1) is 6.04 Å². The van der Waals surface area contributed by atoms with Gasteiger partial charge in [0.2, 0.25) is 11.8 Å². The summed E-state index contributed by atoms with van der Waals surface area (Å²) in [5.74, 6) is -0.0982. The molecule has 37 heavy (non-hydrogen) atoms. The van der Waals surface area contributed by atoms with Crippen LogP contribution in [0.4, 0.5) is 0 Å². The number of aliphatic hydroxyl groups is 1. The molecule has 1 aliphatic carbocycles. The van der Waals surface area contributed by atoms with Gasteiger partial charge in [-0.1, -0.05) is 73.2 Å². The Labute approximate surface area is 221 Å². The summed E-state index contributed by atoms with van der Waals surface area (Å²) in [5, 5.41) is 19.3. The van der Waals surface area contributed by atoms with E-state index in [1.165, 1.54) is 11.1 Å². The van der Waals surface area contributed by atoms with Crippen LogP contribution in [0.5, 0.6) is 0 Å². The van der Waals surface area contributed by atoms with Crippen molar-refractivity contribution in [3.63, 3.8) is 0 Å². The van der Waals surface area contributed by atoms with E-state index in [4.69, 9.17) is 0 Å². The molecule has 0 fully saturated rings. The fourth-order valence-electron chi connectivity index (χ4n) is 5.27. The fraction of sp³-hybridized carbons (Fsp3) is 0.419. The van der Waals surface area contributed by atoms with Gasteiger partial charge in [0, 0.05) is 6.54 Å². The topological polar surface area (TPSA) is 90.5 Å². The third-order valence-electron chi connectivity index (χ3n) is 7.30. The Morgan fingerprint density at radius 1 is 1.00 bits per heavy atom. The standard InChI is InChI=1S/C31H41N3O3/c1-22-18-26(35)21-31(3,20-25-14-9-6-10-15-25)27(22)19-28(32-4)30(37)34-23(2)29(36)33-17-11-16-24-12-7-5-8-13-24/h5-10,12-15,18,21,23,27-28,32,35H,11,16-17,19-20H2,1-4H3,(H,33,36)(H,34,37)/t23-,27?,28?,31?/m1/s1. The van der Waals surface area contributed by atoms with Crippen LogP contribution in [-0.4, -0.2) is 42.6 Å². The van der Waals surface area contributed by atoms with Crippen molar-refractivity contribution in [3.05, 3.63) is 95.3 Å². The third kappa shape index (κ3) is 8.05. The first-order valence-corrected chi connectivity index (χ1v) is 13.1. The summed E-state index contributed by atoms with van der Waals surface area (Å²) in [6.07, 6.45) is 6.71. The van der Waals surface area contributed by atoms with Gasteiger partial charge in [0.1, 0.15) is 11.8 Å². The first-order chi connectivity index (χ1) is 17.7. The van der Waals surface area contributed by atoms with E-state index >= 15 is 0 Å². The summed E-state index contributed by atoms with van der Waals surface area (Å²) in [5.41, 5.74) is 3.10. The average Bonchev–Trinajstić information content (AvgIpc) is 2.87. The molecule has 0 spiro atoms.